The molecular formula is C42H35AuF2N4O2. The molecule has 0 aliphatic heterocycles. The van der Waals surface area contributed by atoms with Gasteiger partial charge in [-0.25, -0.2) is 8.78 Å². The number of hydrogen-bond donors (Lipinski definition) is 3. The Balaban J connectivity index is 0.000000235. The van der Waals surface area contributed by atoms with Crippen LogP contribution in [0.5, 0.6) is 11.5 Å². The monoisotopic (exact) mass is 862 g/mol. The van der Waals surface area contributed by atoms with E-state index in [-0.39, 0.29) is 27.9 Å². The average Bonchev–Trinajstić information content (AvgIpc) is 3.16. The van der Waals surface area contributed by atoms with Gasteiger partial charge in [-0.3, -0.25) is 11.8 Å². The van der Waals surface area contributed by atoms with Crippen molar-refractivity contribution in [2.24, 2.45) is 11.6 Å². The normalized spacial score (nSPS) is 10.2. The maximum absolute atomic E-state index is 14.3. The van der Waals surface area contributed by atoms with Crippen molar-refractivity contribution in [1.82, 2.24) is 10.4 Å². The van der Waals surface area contributed by atoms with E-state index < -0.39 is 11.6 Å². The van der Waals surface area contributed by atoms with Gasteiger partial charge >= 0.3 is 22.4 Å². The summed E-state index contributed by atoms with van der Waals surface area (Å²) in [6.45, 7) is 2.00. The Labute approximate surface area is 313 Å². The van der Waals surface area contributed by atoms with Gasteiger partial charge in [-0.1, -0.05) is 24.3 Å². The molecule has 1 aromatic heterocycles. The Morgan fingerprint density at radius 3 is 1.84 bits per heavy atom. The molecular weight excluding hydrogens is 827 g/mol. The molecule has 1 heterocycles. The van der Waals surface area contributed by atoms with Gasteiger partial charge in [0.2, 0.25) is 0 Å². The minimum absolute atomic E-state index is 0. The first-order valence-corrected chi connectivity index (χ1v) is 15.3. The summed E-state index contributed by atoms with van der Waals surface area (Å²) >= 11 is 0. The maximum atomic E-state index is 14.3. The first-order chi connectivity index (χ1) is 24.2. The van der Waals surface area contributed by atoms with E-state index >= 15 is 0 Å². The van der Waals surface area contributed by atoms with Gasteiger partial charge < -0.3 is 32.0 Å². The molecule has 5 N–H and O–H groups in total. The van der Waals surface area contributed by atoms with Crippen LogP contribution in [0.3, 0.4) is 0 Å². The molecule has 51 heavy (non-hydrogen) atoms. The van der Waals surface area contributed by atoms with Crippen molar-refractivity contribution in [3.8, 4) is 51.1 Å². The number of pyridine rings is 1. The summed E-state index contributed by atoms with van der Waals surface area (Å²) in [4.78, 5) is 4.67. The van der Waals surface area contributed by atoms with Gasteiger partial charge in [-0.2, -0.15) is 0 Å². The number of halogens is 2. The van der Waals surface area contributed by atoms with E-state index in [2.05, 4.69) is 28.5 Å². The number of rotatable bonds is 7. The fraction of sp³-hybridized carbons (Fsp3) is 0.0714. The van der Waals surface area contributed by atoms with Gasteiger partial charge in [0.1, 0.15) is 23.1 Å². The molecule has 0 atom stereocenters. The minimum Gasteiger partial charge on any atom is -0.497 e. The van der Waals surface area contributed by atoms with Crippen LogP contribution in [0.2, 0.25) is 0 Å². The summed E-state index contributed by atoms with van der Waals surface area (Å²) in [7, 11) is 3.29. The molecule has 6 nitrogen and oxygen atoms in total. The van der Waals surface area contributed by atoms with E-state index in [1.165, 1.54) is 12.3 Å². The van der Waals surface area contributed by atoms with E-state index in [1.807, 2.05) is 61.5 Å². The largest absolute Gasteiger partial charge is 3.00 e. The second-order valence-corrected chi connectivity index (χ2v) is 10.7. The number of nitrogens with zero attached hydrogens (tertiary/aromatic N) is 1. The van der Waals surface area contributed by atoms with Crippen molar-refractivity contribution in [1.29, 1.82) is 0 Å². The van der Waals surface area contributed by atoms with Crippen LogP contribution in [0, 0.1) is 43.0 Å². The van der Waals surface area contributed by atoms with Gasteiger partial charge in [0.25, 0.3) is 0 Å². The van der Waals surface area contributed by atoms with Gasteiger partial charge in [-0.05, 0) is 65.3 Å². The molecule has 0 radical (unpaired) electrons. The van der Waals surface area contributed by atoms with Crippen molar-refractivity contribution >= 4 is 5.70 Å². The molecule has 9 heteroatoms. The van der Waals surface area contributed by atoms with Crippen molar-refractivity contribution in [3.05, 3.63) is 174 Å². The minimum atomic E-state index is -0.487. The Morgan fingerprint density at radius 2 is 1.37 bits per heavy atom. The van der Waals surface area contributed by atoms with Gasteiger partial charge in [0.05, 0.1) is 19.9 Å². The van der Waals surface area contributed by atoms with Crippen LogP contribution in [0.15, 0.2) is 128 Å². The van der Waals surface area contributed by atoms with E-state index in [0.29, 0.717) is 22.6 Å². The van der Waals surface area contributed by atoms with Gasteiger partial charge in [-0.15, -0.1) is 89.5 Å². The molecule has 0 saturated heterocycles. The standard InChI is InChI=1S/C23H13F2N.C10H10N3.C9H12O2.Au/c24-19-11-12-21(25)20(15-19)18-13-22(16-7-3-1-4-8-16)26-23(14-18)17-9-5-2-6-10-17;1-2-8-3-5-9(6-4-8)10(11)7-13-12;1-7-4-8(10-2)6-9(5-7)11-3;/h1-7,9,11-15H;3-7,13H,11-12H2;4-6H,1-3H3;/q-2;-1;;+3/b;10-7-;;. The first kappa shape index (κ1) is 39.7. The van der Waals surface area contributed by atoms with Crippen LogP contribution in [-0.2, 0) is 22.4 Å². The topological polar surface area (TPSA) is 95.4 Å². The van der Waals surface area contributed by atoms with Crippen molar-refractivity contribution in [2.45, 2.75) is 6.92 Å². The third-order valence-corrected chi connectivity index (χ3v) is 7.13. The van der Waals surface area contributed by atoms with Gasteiger partial charge in [0, 0.05) is 17.8 Å². The Hall–Kier alpha value is -5.69. The van der Waals surface area contributed by atoms with Crippen molar-refractivity contribution < 1.29 is 40.6 Å². The number of nitrogens with two attached hydrogens (primary N) is 2. The number of hydrazine groups is 1. The zero-order valence-electron chi connectivity index (χ0n) is 28.1. The summed E-state index contributed by atoms with van der Waals surface area (Å²) in [5, 5.41) is 0. The molecule has 0 unspecified atom stereocenters. The summed E-state index contributed by atoms with van der Waals surface area (Å²) in [5.74, 6) is 8.05. The van der Waals surface area contributed by atoms with Crippen molar-refractivity contribution in [2.75, 3.05) is 14.2 Å². The number of nitrogens with one attached hydrogen (secondary N) is 1. The van der Waals surface area contributed by atoms with Crippen LogP contribution in [0.1, 0.15) is 16.7 Å². The fourth-order valence-corrected chi connectivity index (χ4v) is 4.65. The number of aryl methyl sites for hydroxylation is 1. The number of hydrogen-bond acceptors (Lipinski definition) is 6. The third-order valence-electron chi connectivity index (χ3n) is 7.13. The Morgan fingerprint density at radius 1 is 0.804 bits per heavy atom. The zero-order valence-corrected chi connectivity index (χ0v) is 30.3. The van der Waals surface area contributed by atoms with E-state index in [0.717, 1.165) is 51.4 Å². The van der Waals surface area contributed by atoms with E-state index in [4.69, 9.17) is 27.5 Å². The summed E-state index contributed by atoms with van der Waals surface area (Å²) in [6.07, 6.45) is 8.38. The first-order valence-electron chi connectivity index (χ1n) is 15.3. The SMILES string of the molecule is COc1cc(C)cc(OC)c1.Fc1ccc(F)c(-c2cc(-c3[c-]cccc3)nc(-c3[c-]cccc3)c2)c1.[Au+3].[C-]#Cc1ccc(/C(N)=C/NN)cc1. The number of ether oxygens (including phenoxy) is 2. The predicted molar refractivity (Wildman–Crippen MR) is 195 cm³/mol. The average molecular weight is 863 g/mol. The molecule has 6 rings (SSSR count). The summed E-state index contributed by atoms with van der Waals surface area (Å²) < 4.78 is 38.1. The Kier molecular flexibility index (Phi) is 15.7. The zero-order chi connectivity index (χ0) is 35.9. The molecule has 0 spiro atoms. The smallest absolute Gasteiger partial charge is 0.497 e. The Bertz CT molecular complexity index is 1990. The molecule has 260 valence electrons. The predicted octanol–water partition coefficient (Wildman–Crippen LogP) is 8.32. The number of aromatic nitrogens is 1. The second-order valence-electron chi connectivity index (χ2n) is 10.7. The molecule has 0 saturated carbocycles. The third kappa shape index (κ3) is 11.7. The molecule has 0 fully saturated rings. The molecule has 0 aliphatic rings. The van der Waals surface area contributed by atoms with Crippen LogP contribution in [-0.4, -0.2) is 19.2 Å². The van der Waals surface area contributed by atoms with Crippen LogP contribution >= 0.6 is 0 Å². The van der Waals surface area contributed by atoms with Crippen LogP contribution < -0.4 is 26.5 Å². The van der Waals surface area contributed by atoms with E-state index in [9.17, 15) is 8.78 Å². The molecule has 0 amide bonds. The molecule has 6 aromatic rings. The van der Waals surface area contributed by atoms with Crippen LogP contribution in [0.4, 0.5) is 8.78 Å². The fourth-order valence-electron chi connectivity index (χ4n) is 4.65. The van der Waals surface area contributed by atoms with Crippen molar-refractivity contribution in [3.63, 3.8) is 0 Å². The quantitative estimate of drug-likeness (QED) is 0.0492. The van der Waals surface area contributed by atoms with Crippen LogP contribution in [0.25, 0.3) is 39.3 Å². The van der Waals surface area contributed by atoms with E-state index in [1.54, 1.807) is 62.8 Å². The molecule has 5 aromatic carbocycles. The number of methoxy groups -OCH3 is 2. The second kappa shape index (κ2) is 20.1. The summed E-state index contributed by atoms with van der Waals surface area (Å²) in [5.41, 5.74) is 14.9. The summed E-state index contributed by atoms with van der Waals surface area (Å²) in [6, 6.07) is 41.0. The molecule has 0 bridgehead atoms. The van der Waals surface area contributed by atoms with Gasteiger partial charge in [0.15, 0.2) is 0 Å². The number of benzene rings is 5. The maximum Gasteiger partial charge on any atom is 3.00 e. The molecule has 0 aliphatic carbocycles.